The van der Waals surface area contributed by atoms with Crippen LogP contribution in [-0.4, -0.2) is 53.8 Å². The minimum absolute atomic E-state index is 0.100. The van der Waals surface area contributed by atoms with Crippen LogP contribution in [0, 0.1) is 23.2 Å². The predicted octanol–water partition coefficient (Wildman–Crippen LogP) is 3.72. The Morgan fingerprint density at radius 1 is 1.13 bits per heavy atom. The molecule has 8 nitrogen and oxygen atoms in total. The Morgan fingerprint density at radius 3 is 2.69 bits per heavy atom. The second-order valence-electron chi connectivity index (χ2n) is 10.8. The lowest BCUT2D eigenvalue weighted by Gasteiger charge is -2.23. The van der Waals surface area contributed by atoms with Gasteiger partial charge in [-0.2, -0.15) is 0 Å². The van der Waals surface area contributed by atoms with Crippen molar-refractivity contribution in [2.24, 2.45) is 11.3 Å². The number of rotatable bonds is 5. The van der Waals surface area contributed by atoms with Gasteiger partial charge in [0.05, 0.1) is 23.9 Å². The third kappa shape index (κ3) is 3.92. The van der Waals surface area contributed by atoms with Crippen LogP contribution < -0.4 is 5.32 Å². The van der Waals surface area contributed by atoms with E-state index in [1.807, 2.05) is 30.3 Å². The molecule has 3 saturated carbocycles. The number of hydrogen-bond acceptors (Lipinski definition) is 7. The zero-order chi connectivity index (χ0) is 26.9. The van der Waals surface area contributed by atoms with Gasteiger partial charge in [0.2, 0.25) is 5.82 Å². The molecule has 2 aromatic heterocycles. The van der Waals surface area contributed by atoms with Crippen LogP contribution in [0.1, 0.15) is 48.7 Å². The summed E-state index contributed by atoms with van der Waals surface area (Å²) in [7, 11) is 0. The molecule has 3 fully saturated rings. The Bertz CT molecular complexity index is 1680. The summed E-state index contributed by atoms with van der Waals surface area (Å²) < 4.78 is 1.78. The van der Waals surface area contributed by atoms with Gasteiger partial charge in [0.25, 0.3) is 0 Å². The topological polar surface area (TPSA) is 113 Å². The van der Waals surface area contributed by atoms with Crippen LogP contribution in [0.25, 0.3) is 11.2 Å². The number of halogens is 1. The Labute approximate surface area is 230 Å². The van der Waals surface area contributed by atoms with Gasteiger partial charge in [-0.15, -0.1) is 0 Å². The molecule has 3 N–H and O–H groups in total. The van der Waals surface area contributed by atoms with Gasteiger partial charge in [-0.1, -0.05) is 53.9 Å². The zero-order valence-electron chi connectivity index (χ0n) is 21.1. The molecule has 2 heterocycles. The third-order valence-corrected chi connectivity index (χ3v) is 8.79. The number of nitrogens with one attached hydrogen (secondary N) is 1. The minimum Gasteiger partial charge on any atom is -0.389 e. The average molecular weight is 540 g/mol. The lowest BCUT2D eigenvalue weighted by Crippen LogP contribution is -2.36. The van der Waals surface area contributed by atoms with Crippen LogP contribution in [0.2, 0.25) is 5.02 Å². The number of carbonyl (C=O) groups is 1. The molecule has 7 rings (SSSR count). The van der Waals surface area contributed by atoms with E-state index >= 15 is 0 Å². The predicted molar refractivity (Wildman–Crippen MR) is 146 cm³/mol. The zero-order valence-corrected chi connectivity index (χ0v) is 21.9. The molecule has 3 aliphatic carbocycles. The van der Waals surface area contributed by atoms with Crippen LogP contribution >= 0.6 is 11.6 Å². The first-order chi connectivity index (χ1) is 18.9. The Balaban J connectivity index is 1.29. The summed E-state index contributed by atoms with van der Waals surface area (Å²) in [4.78, 5) is 26.5. The van der Waals surface area contributed by atoms with Gasteiger partial charge in [0.15, 0.2) is 17.0 Å². The number of hydrogen-bond donors (Lipinski definition) is 3. The summed E-state index contributed by atoms with van der Waals surface area (Å²) in [5.41, 5.74) is 2.16. The number of aromatic nitrogens is 4. The van der Waals surface area contributed by atoms with Crippen molar-refractivity contribution < 1.29 is 15.0 Å². The van der Waals surface area contributed by atoms with E-state index in [4.69, 9.17) is 21.6 Å². The number of Topliss-reactive ketones (excluding diaryl/α,β-unsaturated/α-hetero) is 1. The highest BCUT2D eigenvalue weighted by Crippen LogP contribution is 2.68. The first-order valence-electron chi connectivity index (χ1n) is 13.1. The molecule has 0 radical (unpaired) electrons. The number of imidazole rings is 1. The van der Waals surface area contributed by atoms with E-state index in [2.05, 4.69) is 34.3 Å². The Morgan fingerprint density at radius 2 is 1.95 bits per heavy atom. The van der Waals surface area contributed by atoms with Crippen molar-refractivity contribution in [3.8, 4) is 11.8 Å². The largest absolute Gasteiger partial charge is 0.389 e. The summed E-state index contributed by atoms with van der Waals surface area (Å²) in [5.74, 6) is 7.09. The molecule has 0 saturated heterocycles. The van der Waals surface area contributed by atoms with Crippen LogP contribution in [0.3, 0.4) is 0 Å². The molecule has 196 valence electrons. The number of benzene rings is 2. The fourth-order valence-corrected chi connectivity index (χ4v) is 6.55. The van der Waals surface area contributed by atoms with Gasteiger partial charge in [-0.3, -0.25) is 4.79 Å². The molecule has 2 aromatic carbocycles. The molecule has 7 atom stereocenters. The van der Waals surface area contributed by atoms with Crippen molar-refractivity contribution in [2.75, 3.05) is 5.32 Å². The fraction of sp³-hybridized carbons (Fsp3) is 0.333. The molecule has 0 spiro atoms. The maximum Gasteiger partial charge on any atom is 0.209 e. The van der Waals surface area contributed by atoms with Crippen LogP contribution in [-0.2, 0) is 4.79 Å². The maximum absolute atomic E-state index is 12.4. The van der Waals surface area contributed by atoms with Crippen LogP contribution in [0.5, 0.6) is 0 Å². The molecule has 4 aromatic rings. The summed E-state index contributed by atoms with van der Waals surface area (Å²) in [6, 6.07) is 17.3. The number of aliphatic hydroxyl groups is 2. The quantitative estimate of drug-likeness (QED) is 0.331. The number of ketones is 1. The van der Waals surface area contributed by atoms with E-state index in [0.29, 0.717) is 40.2 Å². The summed E-state index contributed by atoms with van der Waals surface area (Å²) >= 11 is 6.12. The normalized spacial score (nSPS) is 30.4. The van der Waals surface area contributed by atoms with E-state index in [9.17, 15) is 15.0 Å². The van der Waals surface area contributed by atoms with Crippen molar-refractivity contribution in [3.05, 3.63) is 82.9 Å². The smallest absolute Gasteiger partial charge is 0.209 e. The number of aliphatic hydroxyl groups excluding tert-OH is 2. The van der Waals surface area contributed by atoms with Gasteiger partial charge in [0.1, 0.15) is 11.9 Å². The van der Waals surface area contributed by atoms with E-state index in [-0.39, 0.29) is 17.7 Å². The summed E-state index contributed by atoms with van der Waals surface area (Å²) in [6.07, 6.45) is 0.889. The van der Waals surface area contributed by atoms with Gasteiger partial charge in [0, 0.05) is 22.5 Å². The molecular formula is C30H26ClN5O3. The van der Waals surface area contributed by atoms with Gasteiger partial charge >= 0.3 is 0 Å². The first kappa shape index (κ1) is 24.3. The van der Waals surface area contributed by atoms with Crippen molar-refractivity contribution in [2.45, 2.75) is 50.0 Å². The van der Waals surface area contributed by atoms with Gasteiger partial charge in [-0.05, 0) is 55.4 Å². The second kappa shape index (κ2) is 8.88. The van der Waals surface area contributed by atoms with E-state index < -0.39 is 23.7 Å². The molecule has 0 bridgehead atoms. The highest BCUT2D eigenvalue weighted by molar-refractivity contribution is 6.30. The van der Waals surface area contributed by atoms with E-state index in [1.54, 1.807) is 23.0 Å². The summed E-state index contributed by atoms with van der Waals surface area (Å²) in [6.45, 7) is 1.48. The van der Waals surface area contributed by atoms with Crippen molar-refractivity contribution >= 4 is 34.4 Å². The van der Waals surface area contributed by atoms with Crippen molar-refractivity contribution in [3.63, 3.8) is 0 Å². The molecule has 39 heavy (non-hydrogen) atoms. The molecular weight excluding hydrogens is 514 g/mol. The van der Waals surface area contributed by atoms with Gasteiger partial charge < -0.3 is 20.1 Å². The molecule has 3 aliphatic rings. The molecule has 3 unspecified atom stereocenters. The summed E-state index contributed by atoms with van der Waals surface area (Å²) in [5, 5.41) is 25.9. The highest BCUT2D eigenvalue weighted by Gasteiger charge is 2.74. The van der Waals surface area contributed by atoms with E-state index in [0.717, 1.165) is 12.0 Å². The Kier molecular flexibility index (Phi) is 5.53. The average Bonchev–Trinajstić information content (AvgIpc) is 3.81. The van der Waals surface area contributed by atoms with Crippen LogP contribution in [0.15, 0.2) is 60.9 Å². The second-order valence-corrected chi connectivity index (χ2v) is 11.3. The molecule has 9 heteroatoms. The number of fused-ring (bicyclic) bond motifs is 2. The van der Waals surface area contributed by atoms with Gasteiger partial charge in [-0.25, -0.2) is 15.0 Å². The SMILES string of the molecule is CC(=O)[C@@]12CC1[C@@H](n1cnc3c(NC4C[C@H]4c4ccccc4)nc(C#Cc4cccc(Cl)c4)nc31)[C@H](O)C2O. The molecule has 0 aliphatic heterocycles. The van der Waals surface area contributed by atoms with Crippen LogP contribution in [0.4, 0.5) is 5.82 Å². The minimum atomic E-state index is -1.12. The van der Waals surface area contributed by atoms with E-state index in [1.165, 1.54) is 12.5 Å². The standard InChI is InChI=1S/C30H26ClN5O3/c1-16(37)30-14-21(30)25(26(38)27(30)39)36-15-32-24-28(33-22-13-20(22)18-7-3-2-4-8-18)34-23(35-29(24)36)11-10-17-6-5-9-19(31)12-17/h2-9,12,15,20-22,25-27,38-39H,13-14H2,1H3,(H,33,34,35)/t20-,21?,22?,25+,26-,27?,30-/m0/s1. The third-order valence-electron chi connectivity index (χ3n) is 8.55. The Hall–Kier alpha value is -3.77. The number of carbonyl (C=O) groups excluding carboxylic acids is 1. The first-order valence-corrected chi connectivity index (χ1v) is 13.5. The maximum atomic E-state index is 12.4. The number of nitrogens with zero attached hydrogens (tertiary/aromatic N) is 4. The lowest BCUT2D eigenvalue weighted by atomic mass is 9.95. The van der Waals surface area contributed by atoms with Crippen molar-refractivity contribution in [1.29, 1.82) is 0 Å². The molecule has 0 amide bonds. The fourth-order valence-electron chi connectivity index (χ4n) is 6.36. The highest BCUT2D eigenvalue weighted by atomic mass is 35.5. The number of anilines is 1. The monoisotopic (exact) mass is 539 g/mol. The lowest BCUT2D eigenvalue weighted by molar-refractivity contribution is -0.128. The van der Waals surface area contributed by atoms with Crippen molar-refractivity contribution in [1.82, 2.24) is 19.5 Å².